The van der Waals surface area contributed by atoms with E-state index in [1.165, 1.54) is 24.9 Å². The Hall–Kier alpha value is -2.48. The second-order valence-corrected chi connectivity index (χ2v) is 6.50. The Bertz CT molecular complexity index is 805. The van der Waals surface area contributed by atoms with Gasteiger partial charge in [-0.3, -0.25) is 9.59 Å². The fraction of sp³-hybridized carbons (Fsp3) is 0.353. The number of rotatable bonds is 7. The van der Waals surface area contributed by atoms with Gasteiger partial charge in [0.1, 0.15) is 0 Å². The van der Waals surface area contributed by atoms with Crippen molar-refractivity contribution in [3.63, 3.8) is 0 Å². The number of amides is 1. The summed E-state index contributed by atoms with van der Waals surface area (Å²) in [6.07, 6.45) is 0. The molecule has 2 N–H and O–H groups in total. The van der Waals surface area contributed by atoms with Gasteiger partial charge in [-0.2, -0.15) is 0 Å². The van der Waals surface area contributed by atoms with Crippen molar-refractivity contribution in [1.82, 2.24) is 9.97 Å². The van der Waals surface area contributed by atoms with Crippen molar-refractivity contribution in [2.75, 3.05) is 25.3 Å². The lowest BCUT2D eigenvalue weighted by Crippen LogP contribution is -2.16. The number of H-pyrrole nitrogens is 1. The molecule has 0 bridgehead atoms. The third-order valence-electron chi connectivity index (χ3n) is 3.34. The van der Waals surface area contributed by atoms with Gasteiger partial charge in [0.25, 0.3) is 5.56 Å². The number of benzene rings is 1. The Kier molecular flexibility index (Phi) is 6.46. The number of nitrogens with one attached hydrogen (secondary N) is 2. The molecular formula is C17H21N3O4S. The largest absolute Gasteiger partial charge is 0.493 e. The molecular weight excluding hydrogens is 342 g/mol. The molecule has 1 aromatic carbocycles. The summed E-state index contributed by atoms with van der Waals surface area (Å²) in [7, 11) is 3.08. The molecule has 2 aromatic rings. The molecule has 0 radical (unpaired) electrons. The maximum Gasteiger partial charge on any atom is 0.251 e. The predicted molar refractivity (Wildman–Crippen MR) is 97.8 cm³/mol. The van der Waals surface area contributed by atoms with Gasteiger partial charge in [-0.25, -0.2) is 4.98 Å². The standard InChI is InChI=1S/C17H21N3O4S/c1-10(2)12-8-15(21)20-17(19-12)25-9-16(22)18-11-5-6-13(23-3)14(7-11)24-4/h5-8,10H,9H2,1-4H3,(H,18,22)(H,19,20,21). The summed E-state index contributed by atoms with van der Waals surface area (Å²) in [5.41, 5.74) is 1.08. The van der Waals surface area contributed by atoms with Crippen molar-refractivity contribution < 1.29 is 14.3 Å². The first-order valence-electron chi connectivity index (χ1n) is 7.69. The van der Waals surface area contributed by atoms with Crippen molar-refractivity contribution in [3.8, 4) is 11.5 Å². The summed E-state index contributed by atoms with van der Waals surface area (Å²) in [5, 5.41) is 3.20. The van der Waals surface area contributed by atoms with Crippen LogP contribution in [0, 0.1) is 0 Å². The first-order chi connectivity index (χ1) is 11.9. The molecule has 0 saturated carbocycles. The number of thioether (sulfide) groups is 1. The van der Waals surface area contributed by atoms with Gasteiger partial charge in [0.15, 0.2) is 16.7 Å². The van der Waals surface area contributed by atoms with Gasteiger partial charge in [-0.1, -0.05) is 25.6 Å². The Morgan fingerprint density at radius 1 is 1.24 bits per heavy atom. The Balaban J connectivity index is 2.00. The van der Waals surface area contributed by atoms with Gasteiger partial charge in [-0.15, -0.1) is 0 Å². The molecule has 0 spiro atoms. The molecule has 25 heavy (non-hydrogen) atoms. The number of anilines is 1. The number of methoxy groups -OCH3 is 2. The summed E-state index contributed by atoms with van der Waals surface area (Å²) in [6.45, 7) is 3.92. The minimum atomic E-state index is -0.221. The number of ether oxygens (including phenoxy) is 2. The van der Waals surface area contributed by atoms with Crippen LogP contribution in [0.5, 0.6) is 11.5 Å². The van der Waals surface area contributed by atoms with Crippen LogP contribution in [0.3, 0.4) is 0 Å². The summed E-state index contributed by atoms with van der Waals surface area (Å²) < 4.78 is 10.4. The minimum absolute atomic E-state index is 0.124. The van der Waals surface area contributed by atoms with E-state index in [9.17, 15) is 9.59 Å². The second-order valence-electron chi connectivity index (χ2n) is 5.54. The van der Waals surface area contributed by atoms with Gasteiger partial charge < -0.3 is 19.8 Å². The van der Waals surface area contributed by atoms with Gasteiger partial charge in [-0.05, 0) is 18.1 Å². The first-order valence-corrected chi connectivity index (χ1v) is 8.67. The van der Waals surface area contributed by atoms with Gasteiger partial charge >= 0.3 is 0 Å². The normalized spacial score (nSPS) is 10.6. The van der Waals surface area contributed by atoms with Crippen LogP contribution in [-0.2, 0) is 4.79 Å². The van der Waals surface area contributed by atoms with Crippen LogP contribution in [0.25, 0.3) is 0 Å². The van der Waals surface area contributed by atoms with Crippen molar-refractivity contribution in [2.45, 2.75) is 24.9 Å². The molecule has 0 atom stereocenters. The van der Waals surface area contributed by atoms with Crippen LogP contribution in [0.1, 0.15) is 25.5 Å². The van der Waals surface area contributed by atoms with E-state index in [1.54, 1.807) is 25.3 Å². The maximum absolute atomic E-state index is 12.1. The molecule has 2 rings (SSSR count). The summed E-state index contributed by atoms with van der Waals surface area (Å²) in [5.74, 6) is 1.17. The molecule has 0 aliphatic heterocycles. The fourth-order valence-electron chi connectivity index (χ4n) is 2.06. The number of aromatic nitrogens is 2. The molecule has 0 aliphatic carbocycles. The highest BCUT2D eigenvalue weighted by Gasteiger charge is 2.10. The molecule has 8 heteroatoms. The molecule has 0 aliphatic rings. The van der Waals surface area contributed by atoms with E-state index in [4.69, 9.17) is 9.47 Å². The molecule has 1 heterocycles. The molecule has 1 amide bonds. The van der Waals surface area contributed by atoms with E-state index in [0.717, 1.165) is 0 Å². The summed E-state index contributed by atoms with van der Waals surface area (Å²) in [6, 6.07) is 6.59. The average Bonchev–Trinajstić information content (AvgIpc) is 2.59. The first kappa shape index (κ1) is 18.9. The molecule has 0 fully saturated rings. The summed E-state index contributed by atoms with van der Waals surface area (Å²) in [4.78, 5) is 30.8. The Labute approximate surface area is 150 Å². The van der Waals surface area contributed by atoms with Gasteiger partial charge in [0, 0.05) is 17.8 Å². The van der Waals surface area contributed by atoms with Crippen LogP contribution in [0.4, 0.5) is 5.69 Å². The van der Waals surface area contributed by atoms with E-state index >= 15 is 0 Å². The van der Waals surface area contributed by atoms with Crippen molar-refractivity contribution in [3.05, 3.63) is 40.3 Å². The third-order valence-corrected chi connectivity index (χ3v) is 4.21. The number of hydrogen-bond acceptors (Lipinski definition) is 6. The van der Waals surface area contributed by atoms with Crippen molar-refractivity contribution in [2.24, 2.45) is 0 Å². The number of nitrogens with zero attached hydrogens (tertiary/aromatic N) is 1. The van der Waals surface area contributed by atoms with Gasteiger partial charge in [0.2, 0.25) is 5.91 Å². The maximum atomic E-state index is 12.1. The zero-order valence-electron chi connectivity index (χ0n) is 14.6. The van der Waals surface area contributed by atoms with Crippen LogP contribution in [-0.4, -0.2) is 35.8 Å². The highest BCUT2D eigenvalue weighted by molar-refractivity contribution is 7.99. The number of carbonyl (C=O) groups excluding carboxylic acids is 1. The molecule has 134 valence electrons. The quantitative estimate of drug-likeness (QED) is 0.580. The van der Waals surface area contributed by atoms with Crippen LogP contribution < -0.4 is 20.3 Å². The molecule has 7 nitrogen and oxygen atoms in total. The SMILES string of the molecule is COc1ccc(NC(=O)CSc2nc(C(C)C)cc(=O)[nH]2)cc1OC. The van der Waals surface area contributed by atoms with E-state index in [-0.39, 0.29) is 23.1 Å². The molecule has 1 aromatic heterocycles. The topological polar surface area (TPSA) is 93.3 Å². The third kappa shape index (κ3) is 5.25. The zero-order valence-corrected chi connectivity index (χ0v) is 15.4. The predicted octanol–water partition coefficient (Wildman–Crippen LogP) is 2.64. The van der Waals surface area contributed by atoms with Gasteiger partial charge in [0.05, 0.1) is 25.7 Å². The number of carbonyl (C=O) groups is 1. The van der Waals surface area contributed by atoms with E-state index < -0.39 is 0 Å². The minimum Gasteiger partial charge on any atom is -0.493 e. The van der Waals surface area contributed by atoms with E-state index in [0.29, 0.717) is 28.0 Å². The van der Waals surface area contributed by atoms with Crippen LogP contribution >= 0.6 is 11.8 Å². The Morgan fingerprint density at radius 2 is 1.96 bits per heavy atom. The van der Waals surface area contributed by atoms with E-state index in [2.05, 4.69) is 15.3 Å². The molecule has 0 saturated heterocycles. The number of hydrogen-bond donors (Lipinski definition) is 2. The lowest BCUT2D eigenvalue weighted by Gasteiger charge is -2.10. The second kappa shape index (κ2) is 8.57. The van der Waals surface area contributed by atoms with Crippen LogP contribution in [0.15, 0.2) is 34.2 Å². The highest BCUT2D eigenvalue weighted by Crippen LogP contribution is 2.29. The lowest BCUT2D eigenvalue weighted by atomic mass is 10.1. The van der Waals surface area contributed by atoms with E-state index in [1.807, 2.05) is 13.8 Å². The molecule has 0 unspecified atom stereocenters. The van der Waals surface area contributed by atoms with Crippen molar-refractivity contribution in [1.29, 1.82) is 0 Å². The highest BCUT2D eigenvalue weighted by atomic mass is 32.2. The fourth-order valence-corrected chi connectivity index (χ4v) is 2.75. The monoisotopic (exact) mass is 363 g/mol. The summed E-state index contributed by atoms with van der Waals surface area (Å²) >= 11 is 1.18. The zero-order chi connectivity index (χ0) is 18.4. The number of aromatic amines is 1. The van der Waals surface area contributed by atoms with Crippen molar-refractivity contribution >= 4 is 23.4 Å². The lowest BCUT2D eigenvalue weighted by molar-refractivity contribution is -0.113. The average molecular weight is 363 g/mol. The van der Waals surface area contributed by atoms with Crippen LogP contribution in [0.2, 0.25) is 0 Å². The Morgan fingerprint density at radius 3 is 2.60 bits per heavy atom. The smallest absolute Gasteiger partial charge is 0.251 e.